The van der Waals surface area contributed by atoms with Crippen molar-refractivity contribution in [2.75, 3.05) is 6.54 Å². The number of carboxylic acids is 1. The van der Waals surface area contributed by atoms with E-state index in [-0.39, 0.29) is 93.5 Å². The van der Waals surface area contributed by atoms with Gasteiger partial charge < -0.3 is 95.2 Å². The van der Waals surface area contributed by atoms with Crippen LogP contribution in [0.3, 0.4) is 0 Å². The second-order valence-electron chi connectivity index (χ2n) is 38.2. The van der Waals surface area contributed by atoms with E-state index < -0.39 is 245 Å². The van der Waals surface area contributed by atoms with Gasteiger partial charge in [0.1, 0.15) is 70.9 Å². The second-order valence-corrected chi connectivity index (χ2v) is 38.2. The molecule has 21 N–H and O–H groups in total. The van der Waals surface area contributed by atoms with Crippen molar-refractivity contribution in [3.8, 4) is 5.75 Å². The number of nitrogens with two attached hydrogens (primary N) is 1. The molecule has 0 saturated carbocycles. The van der Waals surface area contributed by atoms with E-state index in [1.54, 1.807) is 95.4 Å². The number of Topliss-reactive ketones (excluding diaryl/α,β-unsaturated/α-hetero) is 6. The number of carbonyl (C=O) groups is 20. The SMILES string of the molecule is CC(=O)N[C@@H](CC(C)C)C(=O)N[C@H](C(=O)N[C@@H](Cc1ccccc1)C(=O)N[C@]1(C)CCCCCC/C=C/CCC[C@@](C)(C(=O)N[C@@H](C)C(=O)NC(C)C(=O)N[C@@H](C)C(=O)C(=O)[C@H](C)NNC(C)(C)C(=O)C[C@H](C)C(C)=O)NC(=O)[C@H](CC(C)C)CN[C@@H](CCC(N)=O)C(=O)C(=O)C(C)NC(=O)[C@H](Cc2c[nH]c3ccccc23)NC(=O)C(Cc2ccc(O)cc2)NC(=O)[C@H](CCC(=O)O)NC1=O)[C@@H](C)O. The number of ketones is 6. The van der Waals surface area contributed by atoms with Crippen LogP contribution in [0, 0.1) is 23.7 Å². The number of aliphatic hydroxyl groups is 1. The van der Waals surface area contributed by atoms with Crippen LogP contribution in [0.1, 0.15) is 237 Å². The zero-order valence-electron chi connectivity index (χ0n) is 82.8. The van der Waals surface area contributed by atoms with Gasteiger partial charge in [0, 0.05) is 75.0 Å². The van der Waals surface area contributed by atoms with E-state index in [9.17, 15) is 82.4 Å². The predicted molar refractivity (Wildman–Crippen MR) is 516 cm³/mol. The molecule has 764 valence electrons. The Kier molecular flexibility index (Phi) is 46.7. The minimum Gasteiger partial charge on any atom is -0.508 e. The fourth-order valence-electron chi connectivity index (χ4n) is 15.5. The lowest BCUT2D eigenvalue weighted by Crippen LogP contribution is -2.65. The zero-order valence-corrected chi connectivity index (χ0v) is 82.8. The lowest BCUT2D eigenvalue weighted by molar-refractivity contribution is -0.140. The van der Waals surface area contributed by atoms with Gasteiger partial charge in [0.25, 0.3) is 0 Å². The maximum absolute atomic E-state index is 15.6. The number of hydrazine groups is 1. The van der Waals surface area contributed by atoms with E-state index in [4.69, 9.17) is 5.73 Å². The largest absolute Gasteiger partial charge is 0.508 e. The number of aliphatic carboxylic acids is 1. The number of aromatic nitrogens is 1. The number of nitrogens with one attached hydrogen (secondary N) is 16. The number of rotatable bonds is 40. The molecule has 0 bridgehead atoms. The summed E-state index contributed by atoms with van der Waals surface area (Å²) < 4.78 is 0. The van der Waals surface area contributed by atoms with Crippen LogP contribution in [-0.2, 0) is 115 Å². The minimum atomic E-state index is -2.08. The van der Waals surface area contributed by atoms with Crippen LogP contribution in [0.5, 0.6) is 5.75 Å². The first kappa shape index (κ1) is 117. The Morgan fingerprint density at radius 3 is 1.73 bits per heavy atom. The van der Waals surface area contributed by atoms with Crippen molar-refractivity contribution in [1.82, 2.24) is 85.0 Å². The molecule has 5 rings (SSSR count). The van der Waals surface area contributed by atoms with Crippen molar-refractivity contribution in [2.45, 2.75) is 335 Å². The third kappa shape index (κ3) is 38.5. The number of amides is 13. The maximum atomic E-state index is 15.6. The molecule has 0 saturated heterocycles. The summed E-state index contributed by atoms with van der Waals surface area (Å²) >= 11 is 0. The number of H-pyrrole nitrogens is 1. The van der Waals surface area contributed by atoms with E-state index in [1.807, 2.05) is 12.2 Å². The molecule has 40 nitrogen and oxygen atoms in total. The molecule has 0 spiro atoms. The number of allylic oxidation sites excluding steroid dienone is 2. The Morgan fingerprint density at radius 1 is 0.554 bits per heavy atom. The van der Waals surface area contributed by atoms with Gasteiger partial charge in [0.2, 0.25) is 99.9 Å². The number of aromatic hydroxyl groups is 1. The Hall–Kier alpha value is -12.8. The number of aliphatic hydroxyl groups excluding tert-OH is 1. The van der Waals surface area contributed by atoms with Crippen molar-refractivity contribution in [2.24, 2.45) is 29.4 Å². The summed E-state index contributed by atoms with van der Waals surface area (Å²) in [4.78, 5) is 285. The highest BCUT2D eigenvalue weighted by Gasteiger charge is 2.44. The van der Waals surface area contributed by atoms with Gasteiger partial charge in [-0.3, -0.25) is 95.9 Å². The number of benzene rings is 3. The lowest BCUT2D eigenvalue weighted by Gasteiger charge is -2.34. The number of hydrogen-bond donors (Lipinski definition) is 20. The molecule has 0 radical (unpaired) electrons. The van der Waals surface area contributed by atoms with Gasteiger partial charge in [-0.25, -0.2) is 10.9 Å². The Labute approximate surface area is 811 Å². The molecule has 139 heavy (non-hydrogen) atoms. The Bertz CT molecular complexity index is 5020. The van der Waals surface area contributed by atoms with Crippen LogP contribution in [0.2, 0.25) is 0 Å². The van der Waals surface area contributed by atoms with Crippen molar-refractivity contribution in [1.29, 1.82) is 0 Å². The van der Waals surface area contributed by atoms with Crippen molar-refractivity contribution in [3.63, 3.8) is 0 Å². The van der Waals surface area contributed by atoms with E-state index in [0.717, 1.165) is 0 Å². The average molecular weight is 1940 g/mol. The first-order chi connectivity index (χ1) is 65.1. The molecule has 3 unspecified atom stereocenters. The number of primary amides is 1. The molecule has 0 fully saturated rings. The molecule has 4 aromatic rings. The molecule has 40 heteroatoms. The number of phenols is 1. The first-order valence-corrected chi connectivity index (χ1v) is 47.5. The Morgan fingerprint density at radius 2 is 1.13 bits per heavy atom. The average Bonchev–Trinajstić information content (AvgIpc) is 1.63. The van der Waals surface area contributed by atoms with Crippen molar-refractivity contribution in [3.05, 3.63) is 114 Å². The van der Waals surface area contributed by atoms with E-state index in [1.165, 1.54) is 107 Å². The smallest absolute Gasteiger partial charge is 0.303 e. The number of hydrogen-bond acceptors (Lipinski definition) is 25. The second kappa shape index (κ2) is 55.7. The number of para-hydroxylation sites is 1. The zero-order chi connectivity index (χ0) is 104. The molecule has 17 atom stereocenters. The summed E-state index contributed by atoms with van der Waals surface area (Å²) in [6, 6.07) is 2.19. The molecular weight excluding hydrogens is 1800 g/mol. The van der Waals surface area contributed by atoms with Crippen LogP contribution in [0.4, 0.5) is 0 Å². The van der Waals surface area contributed by atoms with Gasteiger partial charge in [-0.15, -0.1) is 0 Å². The Balaban J connectivity index is 1.59. The maximum Gasteiger partial charge on any atom is 0.303 e. The molecule has 1 aliphatic heterocycles. The highest BCUT2D eigenvalue weighted by molar-refractivity contribution is 6.41. The summed E-state index contributed by atoms with van der Waals surface area (Å²) in [7, 11) is 0. The standard InChI is InChI=1S/C99H145N17O23/c1-54(2)46-68-53-102-72(40-42-79(100)122)85(128)83(126)58(7)104-90(133)77(51-67-52-101-71-35-29-28-34-70(67)71)109-91(134)75(50-66-36-38-69(120)39-37-66)108-89(132)73(41-43-80(123)124)111-96(139)99(17,114-93(136)76(49-65-32-26-25-27-33-65)110-94(137)81(63(12)118)112-92(135)74(47-55(3)4)107-64(13)119)45-31-24-22-20-18-19-21-23-30-44-98(16,113-88(68)131)95(138)106-61(10)87(130)105-60(9)86(129)103-57(6)82(125)84(127)59(8)115-116-97(14,15)78(121)48-56(5)62(11)117/h19,21,25-29,32-39,52,54-61,63,68,72-77,81,101-102,115-116,118,120H,18,20,22-24,30-31,40-51,53H2,1-17H3,(H2,100,122)(H,103,129)(H,104,133)(H,105,130)(H,106,138)(H,107,119)(H,108,132)(H,109,134)(H,110,137)(H,111,139)(H,112,135)(H,113,131)(H,114,136)(H,123,124)/b21-19+/t56-,57-,58?,59-,60?,61-,63+,68+,72-,73-,74-,75?,76-,77-,81-,98-,99+/m0/s1. The molecular formula is C99H145N17O23. The van der Waals surface area contributed by atoms with Crippen LogP contribution in [0.15, 0.2) is 97.2 Å². The highest BCUT2D eigenvalue weighted by Crippen LogP contribution is 2.26. The summed E-state index contributed by atoms with van der Waals surface area (Å²) in [5.74, 6) is -20.7. The molecule has 0 aliphatic carbocycles. The minimum absolute atomic E-state index is 0.0845. The number of carbonyl (C=O) groups excluding carboxylic acids is 19. The van der Waals surface area contributed by atoms with Crippen molar-refractivity contribution < 1.29 is 111 Å². The number of aromatic amines is 1. The third-order valence-corrected chi connectivity index (χ3v) is 24.3. The summed E-state index contributed by atoms with van der Waals surface area (Å²) in [6.07, 6.45) is 2.82. The fourth-order valence-corrected chi connectivity index (χ4v) is 15.5. The summed E-state index contributed by atoms with van der Waals surface area (Å²) in [5, 5.41) is 66.8. The summed E-state index contributed by atoms with van der Waals surface area (Å²) in [5.41, 5.74) is 7.67. The van der Waals surface area contributed by atoms with Gasteiger partial charge in [0.05, 0.1) is 41.7 Å². The summed E-state index contributed by atoms with van der Waals surface area (Å²) in [6.45, 7) is 24.4. The van der Waals surface area contributed by atoms with Gasteiger partial charge in [-0.1, -0.05) is 127 Å². The van der Waals surface area contributed by atoms with E-state index in [2.05, 4.69) is 85.0 Å². The fraction of sp³-hybridized carbons (Fsp3) is 0.576. The predicted octanol–water partition coefficient (Wildman–Crippen LogP) is 2.58. The monoisotopic (exact) mass is 1940 g/mol. The normalized spacial score (nSPS) is 21.9. The van der Waals surface area contributed by atoms with E-state index >= 15 is 28.8 Å². The van der Waals surface area contributed by atoms with Crippen LogP contribution >= 0.6 is 0 Å². The molecule has 1 aromatic heterocycles. The van der Waals surface area contributed by atoms with Crippen LogP contribution in [-0.4, -0.2) is 240 Å². The number of phenolic OH excluding ortho intramolecular Hbond substituents is 1. The van der Waals surface area contributed by atoms with Gasteiger partial charge in [-0.2, -0.15) is 0 Å². The topological polar surface area (TPSA) is 624 Å². The van der Waals surface area contributed by atoms with Crippen molar-refractivity contribution >= 4 is 128 Å². The van der Waals surface area contributed by atoms with E-state index in [0.29, 0.717) is 59.7 Å². The number of carboxylic acid groups (broad SMARTS) is 1. The van der Waals surface area contributed by atoms with Crippen LogP contribution in [0.25, 0.3) is 10.9 Å². The molecule has 2 heterocycles. The number of fused-ring (bicyclic) bond motifs is 1. The van der Waals surface area contributed by atoms with Gasteiger partial charge in [-0.05, 0) is 187 Å². The third-order valence-electron chi connectivity index (χ3n) is 24.3. The lowest BCUT2D eigenvalue weighted by atomic mass is 9.89. The van der Waals surface area contributed by atoms with Gasteiger partial charge >= 0.3 is 5.97 Å². The van der Waals surface area contributed by atoms with Crippen LogP contribution < -0.4 is 85.7 Å². The quantitative estimate of drug-likeness (QED) is 0.0173. The first-order valence-electron chi connectivity index (χ1n) is 47.5. The van der Waals surface area contributed by atoms with Gasteiger partial charge in [0.15, 0.2) is 5.78 Å². The molecule has 1 aliphatic rings. The highest BCUT2D eigenvalue weighted by atomic mass is 16.4. The molecule has 3 aromatic carbocycles. The molecule has 13 amide bonds.